The molecule has 1 aromatic carbocycles. The topological polar surface area (TPSA) is 54.0 Å². The van der Waals surface area contributed by atoms with Crippen LogP contribution in [-0.4, -0.2) is 61.4 Å². The molecule has 6 nitrogen and oxygen atoms in total. The first-order valence-electron chi connectivity index (χ1n) is 8.38. The number of rotatable bonds is 3. The quantitative estimate of drug-likeness (QED) is 0.833. The van der Waals surface area contributed by atoms with Gasteiger partial charge in [-0.15, -0.1) is 0 Å². The monoisotopic (exact) mass is 349 g/mol. The number of para-hydroxylation sites is 2. The smallest absolute Gasteiger partial charge is 0.265 e. The summed E-state index contributed by atoms with van der Waals surface area (Å²) in [5.74, 6) is 0.687. The minimum atomic E-state index is -0.556. The number of nitrogens with zero attached hydrogens (tertiary/aromatic N) is 2. The number of carbonyl (C=O) groups excluding carboxylic acids is 1. The summed E-state index contributed by atoms with van der Waals surface area (Å²) in [5.41, 5.74) is 0.900. The second kappa shape index (κ2) is 7.81. The Morgan fingerprint density at radius 1 is 1.33 bits per heavy atom. The molecule has 3 rings (SSSR count). The van der Waals surface area contributed by atoms with E-state index in [2.05, 4.69) is 12.2 Å². The van der Waals surface area contributed by atoms with Crippen LogP contribution in [0.5, 0.6) is 5.75 Å². The van der Waals surface area contributed by atoms with Crippen molar-refractivity contribution in [3.05, 3.63) is 24.3 Å². The van der Waals surface area contributed by atoms with E-state index in [1.807, 2.05) is 34.1 Å². The van der Waals surface area contributed by atoms with Crippen molar-refractivity contribution in [1.29, 1.82) is 0 Å². The second-order valence-corrected chi connectivity index (χ2v) is 6.24. The molecular weight excluding hydrogens is 326 g/mol. The number of benzene rings is 1. The van der Waals surface area contributed by atoms with Crippen molar-refractivity contribution in [2.45, 2.75) is 19.4 Å². The highest BCUT2D eigenvalue weighted by atomic mass is 32.1. The first-order valence-corrected chi connectivity index (χ1v) is 8.79. The van der Waals surface area contributed by atoms with Gasteiger partial charge in [-0.3, -0.25) is 4.79 Å². The molecule has 1 fully saturated rings. The summed E-state index contributed by atoms with van der Waals surface area (Å²) in [6, 6.07) is 7.69. The van der Waals surface area contributed by atoms with E-state index in [1.165, 1.54) is 0 Å². The molecule has 0 unspecified atom stereocenters. The lowest BCUT2D eigenvalue weighted by Gasteiger charge is -2.38. The summed E-state index contributed by atoms with van der Waals surface area (Å²) in [6.45, 7) is 5.69. The van der Waals surface area contributed by atoms with Gasteiger partial charge in [0.15, 0.2) is 11.2 Å². The van der Waals surface area contributed by atoms with Crippen LogP contribution in [0.2, 0.25) is 0 Å². The molecule has 0 radical (unpaired) electrons. The molecule has 1 saturated heterocycles. The molecule has 0 bridgehead atoms. The van der Waals surface area contributed by atoms with E-state index in [0.717, 1.165) is 18.7 Å². The summed E-state index contributed by atoms with van der Waals surface area (Å²) in [5, 5.41) is 3.87. The van der Waals surface area contributed by atoms with Gasteiger partial charge in [-0.25, -0.2) is 0 Å². The van der Waals surface area contributed by atoms with Gasteiger partial charge in [0, 0.05) is 19.6 Å². The number of hydrogen-bond donors (Lipinski definition) is 1. The number of thiocarbonyl (C=S) groups is 1. The highest BCUT2D eigenvalue weighted by molar-refractivity contribution is 7.80. The molecule has 2 heterocycles. The minimum absolute atomic E-state index is 0.00362. The van der Waals surface area contributed by atoms with Crippen LogP contribution in [0.25, 0.3) is 0 Å². The fourth-order valence-corrected chi connectivity index (χ4v) is 3.15. The Morgan fingerprint density at radius 2 is 2.08 bits per heavy atom. The van der Waals surface area contributed by atoms with Crippen LogP contribution in [0.15, 0.2) is 24.3 Å². The van der Waals surface area contributed by atoms with Crippen molar-refractivity contribution >= 4 is 28.9 Å². The van der Waals surface area contributed by atoms with Crippen LogP contribution in [0.4, 0.5) is 5.69 Å². The number of nitrogens with one attached hydrogen (secondary N) is 1. The van der Waals surface area contributed by atoms with Crippen molar-refractivity contribution in [3.63, 3.8) is 0 Å². The van der Waals surface area contributed by atoms with Crippen molar-refractivity contribution in [2.24, 2.45) is 0 Å². The van der Waals surface area contributed by atoms with Crippen LogP contribution in [0.1, 0.15) is 13.3 Å². The van der Waals surface area contributed by atoms with Crippen LogP contribution in [0, 0.1) is 0 Å². The number of anilines is 1. The summed E-state index contributed by atoms with van der Waals surface area (Å²) < 4.78 is 11.3. The molecule has 2 aliphatic heterocycles. The lowest BCUT2D eigenvalue weighted by molar-refractivity contribution is -0.142. The van der Waals surface area contributed by atoms with E-state index in [0.29, 0.717) is 43.7 Å². The van der Waals surface area contributed by atoms with Gasteiger partial charge < -0.3 is 24.6 Å². The Labute approximate surface area is 147 Å². The van der Waals surface area contributed by atoms with E-state index in [1.54, 1.807) is 0 Å². The van der Waals surface area contributed by atoms with Crippen molar-refractivity contribution < 1.29 is 14.3 Å². The van der Waals surface area contributed by atoms with Gasteiger partial charge in [-0.2, -0.15) is 0 Å². The van der Waals surface area contributed by atoms with Crippen molar-refractivity contribution in [2.75, 3.05) is 44.3 Å². The maximum absolute atomic E-state index is 12.8. The second-order valence-electron chi connectivity index (χ2n) is 5.85. The maximum atomic E-state index is 12.8. The average Bonchev–Trinajstić information content (AvgIpc) is 2.65. The van der Waals surface area contributed by atoms with Gasteiger partial charge in [-0.1, -0.05) is 19.1 Å². The largest absolute Gasteiger partial charge is 0.476 e. The van der Waals surface area contributed by atoms with E-state index in [9.17, 15) is 4.79 Å². The van der Waals surface area contributed by atoms with Gasteiger partial charge >= 0.3 is 0 Å². The van der Waals surface area contributed by atoms with Crippen LogP contribution < -0.4 is 15.0 Å². The zero-order valence-electron chi connectivity index (χ0n) is 13.9. The molecule has 0 spiro atoms. The minimum Gasteiger partial charge on any atom is -0.476 e. The zero-order chi connectivity index (χ0) is 16.9. The van der Waals surface area contributed by atoms with Gasteiger partial charge in [0.05, 0.1) is 25.4 Å². The SMILES string of the molecule is CCCNC(=S)N1C[C@H](C(=O)N2CCOCC2)Oc2ccccc21. The van der Waals surface area contributed by atoms with E-state index in [-0.39, 0.29) is 5.91 Å². The molecule has 2 aliphatic rings. The molecule has 130 valence electrons. The van der Waals surface area contributed by atoms with Gasteiger partial charge in [0.2, 0.25) is 0 Å². The van der Waals surface area contributed by atoms with Crippen LogP contribution in [-0.2, 0) is 9.53 Å². The molecule has 0 aliphatic carbocycles. The zero-order valence-corrected chi connectivity index (χ0v) is 14.7. The summed E-state index contributed by atoms with van der Waals surface area (Å²) in [6.07, 6.45) is 0.432. The number of ether oxygens (including phenoxy) is 2. The molecule has 1 aromatic rings. The third-order valence-electron chi connectivity index (χ3n) is 4.14. The van der Waals surface area contributed by atoms with Gasteiger partial charge in [-0.05, 0) is 30.8 Å². The molecule has 0 saturated carbocycles. The number of morpholine rings is 1. The summed E-state index contributed by atoms with van der Waals surface area (Å²) in [4.78, 5) is 16.6. The predicted octanol–water partition coefficient (Wildman–Crippen LogP) is 1.40. The first-order chi connectivity index (χ1) is 11.7. The highest BCUT2D eigenvalue weighted by Gasteiger charge is 2.35. The van der Waals surface area contributed by atoms with E-state index < -0.39 is 6.10 Å². The standard InChI is InChI=1S/C17H23N3O3S/c1-2-7-18-17(24)20-12-15(16(21)19-8-10-22-11-9-19)23-14-6-4-3-5-13(14)20/h3-6,15H,2,7-12H2,1H3,(H,18,24)/t15-/m1/s1. The normalized spacial score (nSPS) is 20.1. The Bertz CT molecular complexity index is 604. The highest BCUT2D eigenvalue weighted by Crippen LogP contribution is 2.33. The Balaban J connectivity index is 1.79. The Kier molecular flexibility index (Phi) is 5.52. The fourth-order valence-electron chi connectivity index (χ4n) is 2.87. The number of hydrogen-bond acceptors (Lipinski definition) is 4. The van der Waals surface area contributed by atoms with E-state index >= 15 is 0 Å². The maximum Gasteiger partial charge on any atom is 0.265 e. The predicted molar refractivity (Wildman–Crippen MR) is 96.5 cm³/mol. The molecular formula is C17H23N3O3S. The van der Waals surface area contributed by atoms with E-state index in [4.69, 9.17) is 21.7 Å². The Morgan fingerprint density at radius 3 is 2.83 bits per heavy atom. The molecule has 1 N–H and O–H groups in total. The third-order valence-corrected chi connectivity index (χ3v) is 4.51. The lowest BCUT2D eigenvalue weighted by Crippen LogP contribution is -2.55. The van der Waals surface area contributed by atoms with Gasteiger partial charge in [0.1, 0.15) is 5.75 Å². The molecule has 1 atom stereocenters. The Hall–Kier alpha value is -1.86. The van der Waals surface area contributed by atoms with Crippen molar-refractivity contribution in [3.8, 4) is 5.75 Å². The number of amides is 1. The van der Waals surface area contributed by atoms with Gasteiger partial charge in [0.25, 0.3) is 5.91 Å². The fraction of sp³-hybridized carbons (Fsp3) is 0.529. The van der Waals surface area contributed by atoms with Crippen molar-refractivity contribution in [1.82, 2.24) is 10.2 Å². The summed E-state index contributed by atoms with van der Waals surface area (Å²) in [7, 11) is 0. The third kappa shape index (κ3) is 3.62. The molecule has 1 amide bonds. The van der Waals surface area contributed by atoms with Crippen LogP contribution >= 0.6 is 12.2 Å². The first kappa shape index (κ1) is 17.0. The number of carbonyl (C=O) groups is 1. The molecule has 24 heavy (non-hydrogen) atoms. The molecule has 0 aromatic heterocycles. The molecule has 7 heteroatoms. The van der Waals surface area contributed by atoms with Crippen LogP contribution in [0.3, 0.4) is 0 Å². The number of fused-ring (bicyclic) bond motifs is 1. The average molecular weight is 349 g/mol. The summed E-state index contributed by atoms with van der Waals surface area (Å²) >= 11 is 5.53. The lowest BCUT2D eigenvalue weighted by atomic mass is 10.1.